The highest BCUT2D eigenvalue weighted by Crippen LogP contribution is 2.43. The van der Waals surface area contributed by atoms with Gasteiger partial charge in [0.2, 0.25) is 0 Å². The predicted molar refractivity (Wildman–Crippen MR) is 348 cm³/mol. The van der Waals surface area contributed by atoms with Gasteiger partial charge in [-0.1, -0.05) is 182 Å². The molecule has 0 spiro atoms. The van der Waals surface area contributed by atoms with Gasteiger partial charge in [0.15, 0.2) is 0 Å². The highest BCUT2D eigenvalue weighted by molar-refractivity contribution is 6.14. The first kappa shape index (κ1) is 47.3. The minimum atomic E-state index is 0.542. The molecule has 6 heteroatoms. The van der Waals surface area contributed by atoms with Crippen molar-refractivity contribution in [2.24, 2.45) is 0 Å². The Morgan fingerprint density at radius 2 is 0.607 bits per heavy atom. The highest BCUT2D eigenvalue weighted by Gasteiger charge is 2.24. The molecule has 0 aliphatic heterocycles. The Morgan fingerprint density at radius 1 is 0.250 bits per heavy atom. The van der Waals surface area contributed by atoms with Crippen LogP contribution in [0.1, 0.15) is 5.56 Å². The van der Waals surface area contributed by atoms with Crippen LogP contribution in [-0.4, -0.2) is 23.3 Å². The van der Waals surface area contributed by atoms with Gasteiger partial charge in [-0.2, -0.15) is 5.26 Å². The van der Waals surface area contributed by atoms with E-state index in [0.29, 0.717) is 5.56 Å². The summed E-state index contributed by atoms with van der Waals surface area (Å²) in [5.74, 6) is 0. The predicted octanol–water partition coefficient (Wildman–Crippen LogP) is 20.0. The van der Waals surface area contributed by atoms with E-state index in [1.807, 2.05) is 18.2 Å². The fourth-order valence-electron chi connectivity index (χ4n) is 13.4. The molecular formula is C78H48N6. The summed E-state index contributed by atoms with van der Waals surface area (Å²) < 4.78 is 9.39. The molecule has 0 bridgehead atoms. The van der Waals surface area contributed by atoms with Crippen LogP contribution in [-0.2, 0) is 0 Å². The van der Waals surface area contributed by atoms with Gasteiger partial charge in [0.05, 0.1) is 72.5 Å². The number of rotatable bonds is 8. The van der Waals surface area contributed by atoms with Gasteiger partial charge in [-0.3, -0.25) is 0 Å². The second-order valence-electron chi connectivity index (χ2n) is 21.8. The molecule has 0 radical (unpaired) electrons. The van der Waals surface area contributed by atoms with E-state index in [0.717, 1.165) is 111 Å². The first-order valence-corrected chi connectivity index (χ1v) is 28.5. The maximum atomic E-state index is 11.4. The Balaban J connectivity index is 0.829. The minimum Gasteiger partial charge on any atom is -0.309 e. The van der Waals surface area contributed by atoms with Gasteiger partial charge in [0.25, 0.3) is 0 Å². The average molecular weight is 1070 g/mol. The third-order valence-corrected chi connectivity index (χ3v) is 17.2. The summed E-state index contributed by atoms with van der Waals surface area (Å²) in [4.78, 5) is 5.38. The third-order valence-electron chi connectivity index (χ3n) is 17.2. The Bertz CT molecular complexity index is 5450. The van der Waals surface area contributed by atoms with Crippen LogP contribution in [0.15, 0.2) is 291 Å². The van der Waals surface area contributed by atoms with Crippen LogP contribution in [0.3, 0.4) is 0 Å². The van der Waals surface area contributed by atoms with E-state index < -0.39 is 0 Å². The molecule has 0 saturated heterocycles. The molecule has 0 aliphatic rings. The molecule has 0 amide bonds. The number of benzene rings is 12. The zero-order chi connectivity index (χ0) is 55.4. The summed E-state index contributed by atoms with van der Waals surface area (Å²) in [5.41, 5.74) is 21.4. The second kappa shape index (κ2) is 18.8. The zero-order valence-electron chi connectivity index (χ0n) is 45.4. The molecule has 0 saturated carbocycles. The Morgan fingerprint density at radius 3 is 1.05 bits per heavy atom. The lowest BCUT2D eigenvalue weighted by Crippen LogP contribution is -2.05. The van der Waals surface area contributed by atoms with E-state index in [9.17, 15) is 5.26 Å². The molecule has 0 atom stereocenters. The van der Waals surface area contributed by atoms with E-state index >= 15 is 0 Å². The number of hydrogen-bond donors (Lipinski definition) is 0. The topological polar surface area (TPSA) is 56.4 Å². The Kier molecular flexibility index (Phi) is 10.6. The van der Waals surface area contributed by atoms with Gasteiger partial charge in [-0.05, 0) is 131 Å². The van der Waals surface area contributed by atoms with Gasteiger partial charge in [-0.25, -0.2) is 4.98 Å². The van der Waals surface area contributed by atoms with Gasteiger partial charge < -0.3 is 18.3 Å². The lowest BCUT2D eigenvalue weighted by molar-refractivity contribution is 1.12. The van der Waals surface area contributed by atoms with E-state index in [4.69, 9.17) is 4.98 Å². The van der Waals surface area contributed by atoms with Crippen molar-refractivity contribution in [3.63, 3.8) is 0 Å². The van der Waals surface area contributed by atoms with Crippen molar-refractivity contribution in [3.05, 3.63) is 297 Å². The van der Waals surface area contributed by atoms with Crippen LogP contribution in [0.2, 0.25) is 0 Å². The van der Waals surface area contributed by atoms with Crippen LogP contribution in [0.5, 0.6) is 0 Å². The Hall–Kier alpha value is -11.5. The number of nitriles is 1. The zero-order valence-corrected chi connectivity index (χ0v) is 45.4. The van der Waals surface area contributed by atoms with Crippen molar-refractivity contribution in [1.82, 2.24) is 23.3 Å². The largest absolute Gasteiger partial charge is 0.309 e. The third kappa shape index (κ3) is 7.26. The van der Waals surface area contributed by atoms with Crippen molar-refractivity contribution in [2.45, 2.75) is 0 Å². The second-order valence-corrected chi connectivity index (χ2v) is 21.8. The van der Waals surface area contributed by atoms with Crippen molar-refractivity contribution in [1.29, 1.82) is 5.26 Å². The monoisotopic (exact) mass is 1070 g/mol. The van der Waals surface area contributed by atoms with Crippen LogP contribution in [0.4, 0.5) is 0 Å². The number of para-hydroxylation sites is 6. The molecule has 0 unspecified atom stereocenters. The van der Waals surface area contributed by atoms with E-state index in [1.54, 1.807) is 0 Å². The van der Waals surface area contributed by atoms with Crippen LogP contribution in [0.25, 0.3) is 155 Å². The number of pyridine rings is 1. The molecule has 5 heterocycles. The molecule has 390 valence electrons. The smallest absolute Gasteiger partial charge is 0.101 e. The molecule has 0 aliphatic carbocycles. The van der Waals surface area contributed by atoms with Gasteiger partial charge >= 0.3 is 0 Å². The first-order chi connectivity index (χ1) is 41.6. The maximum Gasteiger partial charge on any atom is 0.101 e. The maximum absolute atomic E-state index is 11.4. The molecular weight excluding hydrogens is 1020 g/mol. The molecule has 12 aromatic carbocycles. The first-order valence-electron chi connectivity index (χ1n) is 28.5. The number of nitrogens with zero attached hydrogens (tertiary/aromatic N) is 6. The summed E-state index contributed by atoms with van der Waals surface area (Å²) in [5, 5.41) is 20.9. The average Bonchev–Trinajstić information content (AvgIpc) is 3.83. The molecule has 84 heavy (non-hydrogen) atoms. The fraction of sp³-hybridized carbons (Fsp3) is 0. The van der Waals surface area contributed by atoms with E-state index in [1.165, 1.54) is 43.6 Å². The molecule has 5 aromatic heterocycles. The minimum absolute atomic E-state index is 0.542. The molecule has 0 N–H and O–H groups in total. The van der Waals surface area contributed by atoms with Crippen molar-refractivity contribution in [2.75, 3.05) is 0 Å². The summed E-state index contributed by atoms with van der Waals surface area (Å²) in [7, 11) is 0. The summed E-state index contributed by atoms with van der Waals surface area (Å²) >= 11 is 0. The molecule has 17 aromatic rings. The Labute approximate surface area is 483 Å². The normalized spacial score (nSPS) is 11.8. The van der Waals surface area contributed by atoms with Crippen LogP contribution in [0, 0.1) is 11.3 Å². The standard InChI is InChI=1S/C78H48N6/c79-49-55-47-66(68-26-16-25-67(80-68)52-17-2-1-3-18-52)78(84-74-32-15-9-24-63(74)65-46-54(38-44-76(65)84)51-35-41-57(42-36-51)82-71-29-12-6-21-60(71)61-22-7-13-30-72(61)82)48-77(55)83-73-31-14-8-23-62(73)64-45-53(37-43-75(64)83)50-33-39-56(40-34-50)81-69-27-10-4-19-58(69)59-20-5-11-28-70(59)81/h1-48H. The van der Waals surface area contributed by atoms with Gasteiger partial charge in [-0.15, -0.1) is 0 Å². The van der Waals surface area contributed by atoms with Crippen molar-refractivity contribution in [3.8, 4) is 73.6 Å². The quantitative estimate of drug-likeness (QED) is 0.152. The highest BCUT2D eigenvalue weighted by atomic mass is 15.0. The van der Waals surface area contributed by atoms with Gasteiger partial charge in [0.1, 0.15) is 6.07 Å². The number of aromatic nitrogens is 5. The van der Waals surface area contributed by atoms with E-state index in [2.05, 4.69) is 297 Å². The lowest BCUT2D eigenvalue weighted by atomic mass is 10.0. The number of hydrogen-bond acceptors (Lipinski definition) is 2. The SMILES string of the molecule is N#Cc1cc(-c2cccc(-c3ccccc3)n2)c(-n2c3ccccc3c3cc(-c4ccc(-n5c6ccccc6c6ccccc65)cc4)ccc32)cc1-n1c2ccccc2c2cc(-c3ccc(-n4c5ccccc5c5ccccc54)cc3)ccc21. The van der Waals surface area contributed by atoms with Crippen LogP contribution < -0.4 is 0 Å². The molecule has 17 rings (SSSR count). The fourth-order valence-corrected chi connectivity index (χ4v) is 13.4. The van der Waals surface area contributed by atoms with Crippen molar-refractivity contribution >= 4 is 87.2 Å². The molecule has 0 fully saturated rings. The number of fused-ring (bicyclic) bond motifs is 12. The van der Waals surface area contributed by atoms with Crippen LogP contribution >= 0.6 is 0 Å². The summed E-state index contributed by atoms with van der Waals surface area (Å²) in [6, 6.07) is 107. The summed E-state index contributed by atoms with van der Waals surface area (Å²) in [6.07, 6.45) is 0. The molecule has 6 nitrogen and oxygen atoms in total. The summed E-state index contributed by atoms with van der Waals surface area (Å²) in [6.45, 7) is 0. The van der Waals surface area contributed by atoms with E-state index in [-0.39, 0.29) is 0 Å². The van der Waals surface area contributed by atoms with Gasteiger partial charge in [0, 0.05) is 65.6 Å². The van der Waals surface area contributed by atoms with Crippen molar-refractivity contribution < 1.29 is 0 Å². The lowest BCUT2D eigenvalue weighted by Gasteiger charge is -2.19.